The normalized spacial score (nSPS) is 13.0. The lowest BCUT2D eigenvalue weighted by Crippen LogP contribution is -2.67. The van der Waals surface area contributed by atoms with Crippen molar-refractivity contribution in [2.75, 3.05) is 0 Å². The van der Waals surface area contributed by atoms with Gasteiger partial charge in [-0.2, -0.15) is 0 Å². The number of pyridine rings is 1. The Hall–Kier alpha value is -6.98. The summed E-state index contributed by atoms with van der Waals surface area (Å²) in [7, 11) is 0. The number of fused-ring (bicyclic) bond motifs is 13. The van der Waals surface area contributed by atoms with Crippen LogP contribution < -0.4 is 42.3 Å². The van der Waals surface area contributed by atoms with Crippen LogP contribution in [-0.2, 0) is 0 Å². The van der Waals surface area contributed by atoms with Crippen LogP contribution >= 0.6 is 0 Å². The first kappa shape index (κ1) is 29.6. The van der Waals surface area contributed by atoms with Crippen molar-refractivity contribution in [1.82, 2.24) is 9.55 Å². The first-order chi connectivity index (χ1) is 26.8. The Kier molecular flexibility index (Phi) is 6.17. The maximum Gasteiger partial charge on any atom is 0.250 e. The molecule has 5 heterocycles. The molecule has 0 radical (unpaired) electrons. The van der Waals surface area contributed by atoms with Crippen LogP contribution in [0.5, 0.6) is 23.0 Å². The van der Waals surface area contributed by atoms with Gasteiger partial charge in [-0.05, 0) is 52.2 Å². The SMILES string of the molecule is c1ccc(B2c3ccccc3Oc3c2c2c(c4c3oc3c(-n5c6ccccc6c6ccccc65)nccc34)Oc3ccccc3B2c2ccccc2)cc1. The smallest absolute Gasteiger partial charge is 0.250 e. The van der Waals surface area contributed by atoms with Crippen LogP contribution in [0.3, 0.4) is 0 Å². The largest absolute Gasteiger partial charge is 0.458 e. The first-order valence-corrected chi connectivity index (χ1v) is 18.4. The zero-order valence-corrected chi connectivity index (χ0v) is 28.9. The number of furan rings is 1. The Bertz CT molecular complexity index is 3080. The van der Waals surface area contributed by atoms with Crippen LogP contribution in [0.25, 0.3) is 49.6 Å². The highest BCUT2D eigenvalue weighted by Crippen LogP contribution is 2.46. The molecule has 12 rings (SSSR count). The molecule has 10 aromatic rings. The number of nitrogens with zero attached hydrogens (tertiary/aromatic N) is 2. The molecule has 0 bridgehead atoms. The fourth-order valence-corrected chi connectivity index (χ4v) is 9.13. The van der Waals surface area contributed by atoms with Gasteiger partial charge in [-0.3, -0.25) is 4.57 Å². The Morgan fingerprint density at radius 3 is 1.56 bits per heavy atom. The van der Waals surface area contributed by atoms with Crippen molar-refractivity contribution in [3.63, 3.8) is 0 Å². The fraction of sp³-hybridized carbons (Fsp3) is 0. The van der Waals surface area contributed by atoms with Gasteiger partial charge in [0.25, 0.3) is 6.71 Å². The van der Waals surface area contributed by atoms with Gasteiger partial charge in [-0.1, -0.05) is 144 Å². The van der Waals surface area contributed by atoms with Crippen molar-refractivity contribution in [2.45, 2.75) is 0 Å². The van der Waals surface area contributed by atoms with Crippen molar-refractivity contribution < 1.29 is 13.9 Å². The third kappa shape index (κ3) is 4.04. The van der Waals surface area contributed by atoms with E-state index in [9.17, 15) is 0 Å². The molecule has 0 unspecified atom stereocenters. The topological polar surface area (TPSA) is 49.4 Å². The van der Waals surface area contributed by atoms with E-state index in [4.69, 9.17) is 18.9 Å². The summed E-state index contributed by atoms with van der Waals surface area (Å²) in [5.41, 5.74) is 10.2. The number of benzene rings is 7. The van der Waals surface area contributed by atoms with Gasteiger partial charge in [0.05, 0.1) is 16.4 Å². The Morgan fingerprint density at radius 1 is 0.444 bits per heavy atom. The highest BCUT2D eigenvalue weighted by molar-refractivity contribution is 7.06. The molecule has 3 aromatic heterocycles. The molecule has 0 saturated carbocycles. The molecule has 0 fully saturated rings. The summed E-state index contributed by atoms with van der Waals surface area (Å²) >= 11 is 0. The van der Waals surface area contributed by atoms with Crippen molar-refractivity contribution in [1.29, 1.82) is 0 Å². The van der Waals surface area contributed by atoms with Gasteiger partial charge in [0.15, 0.2) is 22.7 Å². The second-order valence-corrected chi connectivity index (χ2v) is 14.1. The molecule has 2 aliphatic rings. The van der Waals surface area contributed by atoms with Crippen molar-refractivity contribution >= 4 is 89.9 Å². The molecule has 7 aromatic carbocycles. The second kappa shape index (κ2) is 11.3. The van der Waals surface area contributed by atoms with E-state index in [2.05, 4.69) is 156 Å². The fourth-order valence-electron chi connectivity index (χ4n) is 9.13. The molecule has 0 atom stereocenters. The lowest BCUT2D eigenvalue weighted by atomic mass is 9.27. The Labute approximate surface area is 311 Å². The highest BCUT2D eigenvalue weighted by atomic mass is 16.5. The number of aromatic nitrogens is 2. The van der Waals surface area contributed by atoms with Gasteiger partial charge in [-0.25, -0.2) is 4.98 Å². The summed E-state index contributed by atoms with van der Waals surface area (Å²) in [5, 5.41) is 4.12. The molecule has 7 heteroatoms. The molecule has 0 spiro atoms. The van der Waals surface area contributed by atoms with E-state index in [1.165, 1.54) is 10.9 Å². The molecular formula is C47H28B2N2O3. The predicted octanol–water partition coefficient (Wildman–Crippen LogP) is 7.32. The molecule has 0 saturated heterocycles. The van der Waals surface area contributed by atoms with E-state index in [1.54, 1.807) is 0 Å². The molecule has 0 N–H and O–H groups in total. The van der Waals surface area contributed by atoms with Crippen LogP contribution in [0.1, 0.15) is 0 Å². The van der Waals surface area contributed by atoms with E-state index in [0.29, 0.717) is 16.9 Å². The third-order valence-corrected chi connectivity index (χ3v) is 11.3. The summed E-state index contributed by atoms with van der Waals surface area (Å²) in [6.45, 7) is -0.277. The molecule has 0 amide bonds. The van der Waals surface area contributed by atoms with Crippen LogP contribution in [0.2, 0.25) is 0 Å². The minimum absolute atomic E-state index is 0.132. The first-order valence-electron chi connectivity index (χ1n) is 18.4. The monoisotopic (exact) mass is 690 g/mol. The van der Waals surface area contributed by atoms with Crippen LogP contribution in [-0.4, -0.2) is 23.0 Å². The van der Waals surface area contributed by atoms with E-state index in [-0.39, 0.29) is 13.4 Å². The van der Waals surface area contributed by atoms with Crippen molar-refractivity contribution in [2.24, 2.45) is 0 Å². The predicted molar refractivity (Wildman–Crippen MR) is 221 cm³/mol. The van der Waals surface area contributed by atoms with E-state index in [0.717, 1.165) is 77.5 Å². The molecule has 5 nitrogen and oxygen atoms in total. The number of ether oxygens (including phenoxy) is 2. The third-order valence-electron chi connectivity index (χ3n) is 11.3. The summed E-state index contributed by atoms with van der Waals surface area (Å²) in [6.07, 6.45) is 1.89. The molecule has 2 aliphatic heterocycles. The maximum atomic E-state index is 7.21. The maximum absolute atomic E-state index is 7.21. The average Bonchev–Trinajstić information content (AvgIpc) is 3.80. The molecule has 0 aliphatic carbocycles. The summed E-state index contributed by atoms with van der Waals surface area (Å²) in [6, 6.07) is 57.3. The molecular weight excluding hydrogens is 662 g/mol. The van der Waals surface area contributed by atoms with E-state index in [1.807, 2.05) is 18.3 Å². The molecule has 250 valence electrons. The quantitative estimate of drug-likeness (QED) is 0.183. The highest BCUT2D eigenvalue weighted by Gasteiger charge is 2.45. The van der Waals surface area contributed by atoms with Crippen molar-refractivity contribution in [3.05, 3.63) is 170 Å². The second-order valence-electron chi connectivity index (χ2n) is 14.1. The number of hydrogen-bond acceptors (Lipinski definition) is 4. The van der Waals surface area contributed by atoms with Gasteiger partial charge < -0.3 is 13.9 Å². The van der Waals surface area contributed by atoms with Crippen molar-refractivity contribution in [3.8, 4) is 28.8 Å². The summed E-state index contributed by atoms with van der Waals surface area (Å²) < 4.78 is 23.7. The van der Waals surface area contributed by atoms with Gasteiger partial charge in [-0.15, -0.1) is 0 Å². The van der Waals surface area contributed by atoms with E-state index >= 15 is 0 Å². The number of hydrogen-bond donors (Lipinski definition) is 0. The lowest BCUT2D eigenvalue weighted by Gasteiger charge is -2.35. The summed E-state index contributed by atoms with van der Waals surface area (Å²) in [5.74, 6) is 3.87. The number of rotatable bonds is 3. The van der Waals surface area contributed by atoms with Gasteiger partial charge in [0.1, 0.15) is 17.2 Å². The molecule has 54 heavy (non-hydrogen) atoms. The Balaban J connectivity index is 1.26. The van der Waals surface area contributed by atoms with Crippen LogP contribution in [0.15, 0.2) is 174 Å². The van der Waals surface area contributed by atoms with Crippen LogP contribution in [0.4, 0.5) is 0 Å². The number of para-hydroxylation sites is 4. The lowest BCUT2D eigenvalue weighted by molar-refractivity contribution is 0.475. The Morgan fingerprint density at radius 2 is 0.944 bits per heavy atom. The minimum Gasteiger partial charge on any atom is -0.458 e. The van der Waals surface area contributed by atoms with Gasteiger partial charge in [0.2, 0.25) is 6.71 Å². The van der Waals surface area contributed by atoms with Gasteiger partial charge >= 0.3 is 0 Å². The zero-order chi connectivity index (χ0) is 35.3. The van der Waals surface area contributed by atoms with Gasteiger partial charge in [0, 0.05) is 22.4 Å². The zero-order valence-electron chi connectivity index (χ0n) is 28.9. The average molecular weight is 690 g/mol. The van der Waals surface area contributed by atoms with E-state index < -0.39 is 0 Å². The van der Waals surface area contributed by atoms with Crippen LogP contribution in [0, 0.1) is 0 Å². The standard InChI is InChI=1S/C47H28B2N2O3/c1-3-15-29(16-4-1)48-34-21-9-13-25-38(34)52-44-40-33-27-28-50-47(51-36-23-11-7-19-31(36)32-20-8-12-24-37(32)51)43(33)54-45(40)46-42(41(44)48)49(30-17-5-2-6-18-30)35-22-10-14-26-39(35)53-46/h1-28H. The summed E-state index contributed by atoms with van der Waals surface area (Å²) in [4.78, 5) is 5.05. The minimum atomic E-state index is -0.146.